The summed E-state index contributed by atoms with van der Waals surface area (Å²) in [6.07, 6.45) is 3.52. The van der Waals surface area contributed by atoms with Crippen molar-refractivity contribution in [3.05, 3.63) is 47.7 Å². The van der Waals surface area contributed by atoms with Crippen molar-refractivity contribution in [2.45, 2.75) is 32.4 Å². The minimum absolute atomic E-state index is 0.179. The molecule has 0 spiro atoms. The molecule has 1 aromatic heterocycles. The number of phenolic OH excluding ortho intramolecular Hbond substituents is 1. The minimum atomic E-state index is -0.468. The maximum atomic E-state index is 11.1. The SMILES string of the molecule is CCOc1cc(CN2CCC(Nc3ccc(C(N)=O)cn3)CC2)ccc1O. The number of hydrogen-bond acceptors (Lipinski definition) is 6. The summed E-state index contributed by atoms with van der Waals surface area (Å²) < 4.78 is 5.46. The number of ether oxygens (including phenoxy) is 1. The highest BCUT2D eigenvalue weighted by molar-refractivity contribution is 5.92. The number of anilines is 1. The summed E-state index contributed by atoms with van der Waals surface area (Å²) in [5.74, 6) is 1.01. The number of nitrogens with zero attached hydrogens (tertiary/aromatic N) is 2. The molecule has 0 unspecified atom stereocenters. The summed E-state index contributed by atoms with van der Waals surface area (Å²) in [5.41, 5.74) is 6.78. The lowest BCUT2D eigenvalue weighted by Crippen LogP contribution is -2.38. The molecule has 0 aliphatic carbocycles. The Morgan fingerprint density at radius 1 is 1.33 bits per heavy atom. The van der Waals surface area contributed by atoms with E-state index in [-0.39, 0.29) is 5.75 Å². The van der Waals surface area contributed by atoms with Gasteiger partial charge in [-0.25, -0.2) is 4.98 Å². The Balaban J connectivity index is 1.50. The van der Waals surface area contributed by atoms with E-state index in [9.17, 15) is 9.90 Å². The van der Waals surface area contributed by atoms with Crippen LogP contribution in [0.4, 0.5) is 5.82 Å². The fourth-order valence-electron chi connectivity index (χ4n) is 3.26. The highest BCUT2D eigenvalue weighted by atomic mass is 16.5. The van der Waals surface area contributed by atoms with Gasteiger partial charge in [0.05, 0.1) is 12.2 Å². The summed E-state index contributed by atoms with van der Waals surface area (Å²) in [6, 6.07) is 9.37. The number of piperidine rings is 1. The van der Waals surface area contributed by atoms with Crippen LogP contribution in [0.15, 0.2) is 36.5 Å². The van der Waals surface area contributed by atoms with Gasteiger partial charge in [0.1, 0.15) is 5.82 Å². The van der Waals surface area contributed by atoms with Gasteiger partial charge in [-0.2, -0.15) is 0 Å². The number of phenols is 1. The van der Waals surface area contributed by atoms with E-state index >= 15 is 0 Å². The molecular weight excluding hydrogens is 344 g/mol. The smallest absolute Gasteiger partial charge is 0.250 e. The van der Waals surface area contributed by atoms with Crippen LogP contribution < -0.4 is 15.8 Å². The number of benzene rings is 1. The zero-order valence-electron chi connectivity index (χ0n) is 15.5. The van der Waals surface area contributed by atoms with Gasteiger partial charge < -0.3 is 20.9 Å². The fraction of sp³-hybridized carbons (Fsp3) is 0.400. The van der Waals surface area contributed by atoms with Crippen LogP contribution >= 0.6 is 0 Å². The molecule has 1 fully saturated rings. The third kappa shape index (κ3) is 5.10. The first kappa shape index (κ1) is 19.0. The highest BCUT2D eigenvalue weighted by Crippen LogP contribution is 2.28. The molecule has 1 aromatic carbocycles. The number of carbonyl (C=O) groups is 1. The number of aromatic hydroxyl groups is 1. The van der Waals surface area contributed by atoms with E-state index in [4.69, 9.17) is 10.5 Å². The van der Waals surface area contributed by atoms with Gasteiger partial charge in [-0.3, -0.25) is 9.69 Å². The number of nitrogens with one attached hydrogen (secondary N) is 1. The predicted molar refractivity (Wildman–Crippen MR) is 104 cm³/mol. The van der Waals surface area contributed by atoms with Crippen molar-refractivity contribution >= 4 is 11.7 Å². The normalized spacial score (nSPS) is 15.4. The zero-order chi connectivity index (χ0) is 19.2. The lowest BCUT2D eigenvalue weighted by Gasteiger charge is -2.32. The number of primary amides is 1. The van der Waals surface area contributed by atoms with E-state index in [1.54, 1.807) is 18.2 Å². The summed E-state index contributed by atoms with van der Waals surface area (Å²) >= 11 is 0. The molecule has 27 heavy (non-hydrogen) atoms. The van der Waals surface area contributed by atoms with Crippen LogP contribution in [0.3, 0.4) is 0 Å². The first-order valence-electron chi connectivity index (χ1n) is 9.24. The Hall–Kier alpha value is -2.80. The number of pyridine rings is 1. The van der Waals surface area contributed by atoms with Crippen LogP contribution in [0.1, 0.15) is 35.7 Å². The van der Waals surface area contributed by atoms with Crippen molar-refractivity contribution in [2.24, 2.45) is 5.73 Å². The maximum Gasteiger partial charge on any atom is 0.250 e. The molecule has 7 nitrogen and oxygen atoms in total. The number of nitrogens with two attached hydrogens (primary N) is 1. The number of aromatic nitrogens is 1. The number of hydrogen-bond donors (Lipinski definition) is 3. The van der Waals surface area contributed by atoms with Crippen LogP contribution in [-0.2, 0) is 6.54 Å². The Labute approximate surface area is 159 Å². The van der Waals surface area contributed by atoms with E-state index in [0.29, 0.717) is 24.0 Å². The average molecular weight is 370 g/mol. The molecule has 1 aliphatic heterocycles. The summed E-state index contributed by atoms with van der Waals surface area (Å²) in [7, 11) is 0. The standard InChI is InChI=1S/C20H26N4O3/c1-2-27-18-11-14(3-5-17(18)25)13-24-9-7-16(8-10-24)23-19-6-4-15(12-22-19)20(21)26/h3-6,11-12,16,25H,2,7-10,13H2,1H3,(H2,21,26)(H,22,23). The van der Waals surface area contributed by atoms with E-state index in [2.05, 4.69) is 15.2 Å². The number of amides is 1. The molecule has 2 aromatic rings. The maximum absolute atomic E-state index is 11.1. The van der Waals surface area contributed by atoms with Gasteiger partial charge in [-0.15, -0.1) is 0 Å². The Morgan fingerprint density at radius 2 is 2.11 bits per heavy atom. The van der Waals surface area contributed by atoms with Crippen LogP contribution in [0, 0.1) is 0 Å². The van der Waals surface area contributed by atoms with Crippen LogP contribution in [0.2, 0.25) is 0 Å². The topological polar surface area (TPSA) is 101 Å². The summed E-state index contributed by atoms with van der Waals surface area (Å²) in [5, 5.41) is 13.2. The lowest BCUT2D eigenvalue weighted by molar-refractivity contribution is 0.1000. The molecule has 0 atom stereocenters. The van der Waals surface area contributed by atoms with Crippen molar-refractivity contribution < 1.29 is 14.6 Å². The number of carbonyl (C=O) groups excluding carboxylic acids is 1. The van der Waals surface area contributed by atoms with E-state index < -0.39 is 5.91 Å². The van der Waals surface area contributed by atoms with Crippen molar-refractivity contribution in [3.63, 3.8) is 0 Å². The first-order valence-corrected chi connectivity index (χ1v) is 9.24. The molecule has 0 radical (unpaired) electrons. The fourth-order valence-corrected chi connectivity index (χ4v) is 3.26. The molecule has 1 saturated heterocycles. The predicted octanol–water partition coefficient (Wildman–Crippen LogP) is 2.36. The molecular formula is C20H26N4O3. The van der Waals surface area contributed by atoms with Gasteiger partial charge in [0.25, 0.3) is 0 Å². The molecule has 1 amide bonds. The first-order chi connectivity index (χ1) is 13.0. The van der Waals surface area contributed by atoms with Crippen molar-refractivity contribution in [1.82, 2.24) is 9.88 Å². The Morgan fingerprint density at radius 3 is 2.74 bits per heavy atom. The van der Waals surface area contributed by atoms with Gasteiger partial charge in [0.15, 0.2) is 11.5 Å². The third-order valence-corrected chi connectivity index (χ3v) is 4.72. The van der Waals surface area contributed by atoms with E-state index in [1.165, 1.54) is 6.20 Å². The molecule has 4 N–H and O–H groups in total. The van der Waals surface area contributed by atoms with Crippen LogP contribution in [0.25, 0.3) is 0 Å². The zero-order valence-corrected chi connectivity index (χ0v) is 15.5. The molecule has 0 bridgehead atoms. The number of likely N-dealkylation sites (tertiary alicyclic amines) is 1. The van der Waals surface area contributed by atoms with E-state index in [1.807, 2.05) is 19.1 Å². The Bertz CT molecular complexity index is 771. The third-order valence-electron chi connectivity index (χ3n) is 4.72. The monoisotopic (exact) mass is 370 g/mol. The van der Waals surface area contributed by atoms with Gasteiger partial charge in [0, 0.05) is 31.9 Å². The highest BCUT2D eigenvalue weighted by Gasteiger charge is 2.20. The van der Waals surface area contributed by atoms with Gasteiger partial charge in [-0.05, 0) is 49.6 Å². The van der Waals surface area contributed by atoms with Crippen LogP contribution in [-0.4, -0.2) is 46.6 Å². The van der Waals surface area contributed by atoms with Crippen molar-refractivity contribution in [3.8, 4) is 11.5 Å². The molecule has 0 saturated carbocycles. The minimum Gasteiger partial charge on any atom is -0.504 e. The Kier molecular flexibility index (Phi) is 6.13. The number of rotatable bonds is 7. The van der Waals surface area contributed by atoms with Gasteiger partial charge in [0.2, 0.25) is 5.91 Å². The summed E-state index contributed by atoms with van der Waals surface area (Å²) in [6.45, 7) is 5.21. The second kappa shape index (κ2) is 8.73. The quantitative estimate of drug-likeness (QED) is 0.692. The van der Waals surface area contributed by atoms with Crippen molar-refractivity contribution in [2.75, 3.05) is 25.0 Å². The molecule has 144 valence electrons. The van der Waals surface area contributed by atoms with E-state index in [0.717, 1.165) is 43.9 Å². The molecule has 3 rings (SSSR count). The second-order valence-electron chi connectivity index (χ2n) is 6.73. The van der Waals surface area contributed by atoms with Crippen molar-refractivity contribution in [1.29, 1.82) is 0 Å². The molecule has 2 heterocycles. The second-order valence-corrected chi connectivity index (χ2v) is 6.73. The molecule has 7 heteroatoms. The molecule has 1 aliphatic rings. The summed E-state index contributed by atoms with van der Waals surface area (Å²) in [4.78, 5) is 17.7. The lowest BCUT2D eigenvalue weighted by atomic mass is 10.0. The van der Waals surface area contributed by atoms with Crippen LogP contribution in [0.5, 0.6) is 11.5 Å². The average Bonchev–Trinajstić information content (AvgIpc) is 2.67. The van der Waals surface area contributed by atoms with Gasteiger partial charge >= 0.3 is 0 Å². The largest absolute Gasteiger partial charge is 0.504 e. The van der Waals surface area contributed by atoms with Gasteiger partial charge in [-0.1, -0.05) is 6.07 Å².